The van der Waals surface area contributed by atoms with Crippen molar-refractivity contribution in [2.24, 2.45) is 0 Å². The van der Waals surface area contributed by atoms with E-state index in [1.54, 1.807) is 0 Å². The summed E-state index contributed by atoms with van der Waals surface area (Å²) >= 11 is 0. The monoisotopic (exact) mass is 375 g/mol. The summed E-state index contributed by atoms with van der Waals surface area (Å²) in [5, 5.41) is 10.8. The molecule has 1 aliphatic heterocycles. The van der Waals surface area contributed by atoms with E-state index < -0.39 is 0 Å². The molecule has 1 unspecified atom stereocenters. The van der Waals surface area contributed by atoms with Crippen LogP contribution in [0.25, 0.3) is 10.9 Å². The van der Waals surface area contributed by atoms with Gasteiger partial charge in [0.25, 0.3) is 0 Å². The Hall–Kier alpha value is -2.27. The van der Waals surface area contributed by atoms with Gasteiger partial charge in [0.1, 0.15) is 0 Å². The normalized spacial score (nSPS) is 18.5. The standard InChI is InChI=1S/C24H29N3O/c28-17-12-22-19-26(15-16-27(22)14-11-20-6-2-1-3-7-20)18-21-10-13-25-24-9-5-4-8-23(21)24/h1-10,13,22,28H,11-12,14-19H2. The number of piperazine rings is 1. The van der Waals surface area contributed by atoms with E-state index in [1.165, 1.54) is 16.5 Å². The lowest BCUT2D eigenvalue weighted by Gasteiger charge is -2.41. The van der Waals surface area contributed by atoms with Crippen LogP contribution in [-0.2, 0) is 13.0 Å². The topological polar surface area (TPSA) is 39.6 Å². The summed E-state index contributed by atoms with van der Waals surface area (Å²) in [6.45, 7) is 5.37. The number of benzene rings is 2. The van der Waals surface area contributed by atoms with Crippen molar-refractivity contribution in [2.45, 2.75) is 25.4 Å². The number of hydrogen-bond donors (Lipinski definition) is 1. The van der Waals surface area contributed by atoms with Crippen molar-refractivity contribution in [3.05, 3.63) is 78.0 Å². The van der Waals surface area contributed by atoms with Gasteiger partial charge in [-0.1, -0.05) is 48.5 Å². The van der Waals surface area contributed by atoms with Gasteiger partial charge in [-0.2, -0.15) is 0 Å². The second-order valence-electron chi connectivity index (χ2n) is 7.66. The third-order valence-electron chi connectivity index (χ3n) is 5.81. The highest BCUT2D eigenvalue weighted by atomic mass is 16.3. The molecule has 4 nitrogen and oxygen atoms in total. The predicted molar refractivity (Wildman–Crippen MR) is 114 cm³/mol. The lowest BCUT2D eigenvalue weighted by atomic mass is 10.0. The van der Waals surface area contributed by atoms with Crippen LogP contribution < -0.4 is 0 Å². The Morgan fingerprint density at radius 3 is 2.64 bits per heavy atom. The second-order valence-corrected chi connectivity index (χ2v) is 7.66. The van der Waals surface area contributed by atoms with Crippen molar-refractivity contribution in [2.75, 3.05) is 32.8 Å². The van der Waals surface area contributed by atoms with Gasteiger partial charge in [-0.15, -0.1) is 0 Å². The van der Waals surface area contributed by atoms with E-state index in [4.69, 9.17) is 0 Å². The molecule has 1 atom stereocenters. The first kappa shape index (κ1) is 19.1. The summed E-state index contributed by atoms with van der Waals surface area (Å²) in [7, 11) is 0. The van der Waals surface area contributed by atoms with E-state index in [0.717, 1.165) is 51.1 Å². The summed E-state index contributed by atoms with van der Waals surface area (Å²) in [5.74, 6) is 0. The summed E-state index contributed by atoms with van der Waals surface area (Å²) in [6, 6.07) is 21.6. The van der Waals surface area contributed by atoms with Gasteiger partial charge in [-0.25, -0.2) is 0 Å². The van der Waals surface area contributed by atoms with Crippen LogP contribution in [0.5, 0.6) is 0 Å². The summed E-state index contributed by atoms with van der Waals surface area (Å²) in [4.78, 5) is 9.57. The summed E-state index contributed by atoms with van der Waals surface area (Å²) in [5.41, 5.74) is 3.79. The van der Waals surface area contributed by atoms with E-state index in [0.29, 0.717) is 6.04 Å². The third-order valence-corrected chi connectivity index (χ3v) is 5.81. The van der Waals surface area contributed by atoms with Crippen LogP contribution in [0.2, 0.25) is 0 Å². The molecule has 1 N–H and O–H groups in total. The summed E-state index contributed by atoms with van der Waals surface area (Å²) in [6.07, 6.45) is 3.82. The molecule has 0 radical (unpaired) electrons. The Labute approximate surface area is 167 Å². The number of rotatable bonds is 7. The lowest BCUT2D eigenvalue weighted by Crippen LogP contribution is -2.53. The fraction of sp³-hybridized carbons (Fsp3) is 0.375. The largest absolute Gasteiger partial charge is 0.396 e. The van der Waals surface area contributed by atoms with Gasteiger partial charge < -0.3 is 5.11 Å². The molecule has 1 saturated heterocycles. The molecule has 0 spiro atoms. The number of fused-ring (bicyclic) bond motifs is 1. The maximum absolute atomic E-state index is 9.59. The highest BCUT2D eigenvalue weighted by Crippen LogP contribution is 2.21. The second kappa shape index (κ2) is 9.28. The number of para-hydroxylation sites is 1. The molecule has 1 fully saturated rings. The fourth-order valence-electron chi connectivity index (χ4n) is 4.27. The van der Waals surface area contributed by atoms with Crippen molar-refractivity contribution < 1.29 is 5.11 Å². The molecule has 146 valence electrons. The molecule has 0 bridgehead atoms. The fourth-order valence-corrected chi connectivity index (χ4v) is 4.27. The Bertz CT molecular complexity index is 878. The maximum Gasteiger partial charge on any atom is 0.0705 e. The van der Waals surface area contributed by atoms with Crippen LogP contribution in [0, 0.1) is 0 Å². The molecule has 1 aliphatic rings. The Morgan fingerprint density at radius 2 is 1.79 bits per heavy atom. The minimum atomic E-state index is 0.249. The molecule has 0 saturated carbocycles. The first-order valence-corrected chi connectivity index (χ1v) is 10.3. The highest BCUT2D eigenvalue weighted by Gasteiger charge is 2.26. The van der Waals surface area contributed by atoms with E-state index in [2.05, 4.69) is 69.4 Å². The number of hydrogen-bond acceptors (Lipinski definition) is 4. The highest BCUT2D eigenvalue weighted by molar-refractivity contribution is 5.81. The van der Waals surface area contributed by atoms with Gasteiger partial charge in [0.05, 0.1) is 5.52 Å². The number of aliphatic hydroxyl groups excluding tert-OH is 1. The molecule has 0 amide bonds. The van der Waals surface area contributed by atoms with Crippen LogP contribution in [0.3, 0.4) is 0 Å². The minimum absolute atomic E-state index is 0.249. The van der Waals surface area contributed by atoms with Gasteiger partial charge in [-0.05, 0) is 36.1 Å². The van der Waals surface area contributed by atoms with Crippen LogP contribution in [0.4, 0.5) is 0 Å². The average molecular weight is 376 g/mol. The molecular formula is C24H29N3O. The maximum atomic E-state index is 9.59. The number of pyridine rings is 1. The van der Waals surface area contributed by atoms with Gasteiger partial charge in [0.2, 0.25) is 0 Å². The van der Waals surface area contributed by atoms with E-state index >= 15 is 0 Å². The molecule has 4 heteroatoms. The lowest BCUT2D eigenvalue weighted by molar-refractivity contribution is 0.0564. The number of nitrogens with zero attached hydrogens (tertiary/aromatic N) is 3. The van der Waals surface area contributed by atoms with Crippen LogP contribution in [0.15, 0.2) is 66.9 Å². The third kappa shape index (κ3) is 4.58. The first-order chi connectivity index (χ1) is 13.8. The molecule has 2 aromatic carbocycles. The van der Waals surface area contributed by atoms with Crippen molar-refractivity contribution in [3.63, 3.8) is 0 Å². The zero-order chi connectivity index (χ0) is 19.2. The molecule has 2 heterocycles. The zero-order valence-electron chi connectivity index (χ0n) is 16.4. The van der Waals surface area contributed by atoms with E-state index in [9.17, 15) is 5.11 Å². The van der Waals surface area contributed by atoms with Crippen molar-refractivity contribution >= 4 is 10.9 Å². The molecule has 3 aromatic rings. The van der Waals surface area contributed by atoms with E-state index in [1.807, 2.05) is 12.3 Å². The van der Waals surface area contributed by atoms with Crippen LogP contribution in [-0.4, -0.2) is 58.7 Å². The molecular weight excluding hydrogens is 346 g/mol. The van der Waals surface area contributed by atoms with Crippen molar-refractivity contribution in [1.29, 1.82) is 0 Å². The predicted octanol–water partition coefficient (Wildman–Crippen LogP) is 3.35. The molecule has 1 aromatic heterocycles. The Morgan fingerprint density at radius 1 is 0.964 bits per heavy atom. The van der Waals surface area contributed by atoms with Crippen LogP contribution in [0.1, 0.15) is 17.5 Å². The molecule has 0 aliphatic carbocycles. The zero-order valence-corrected chi connectivity index (χ0v) is 16.4. The quantitative estimate of drug-likeness (QED) is 0.687. The minimum Gasteiger partial charge on any atom is -0.396 e. The Kier molecular flexibility index (Phi) is 6.32. The Balaban J connectivity index is 1.41. The van der Waals surface area contributed by atoms with Gasteiger partial charge >= 0.3 is 0 Å². The van der Waals surface area contributed by atoms with Gasteiger partial charge in [-0.3, -0.25) is 14.8 Å². The van der Waals surface area contributed by atoms with Crippen molar-refractivity contribution in [1.82, 2.24) is 14.8 Å². The summed E-state index contributed by atoms with van der Waals surface area (Å²) < 4.78 is 0. The van der Waals surface area contributed by atoms with Crippen molar-refractivity contribution in [3.8, 4) is 0 Å². The van der Waals surface area contributed by atoms with Gasteiger partial charge in [0, 0.05) is 57.0 Å². The van der Waals surface area contributed by atoms with E-state index in [-0.39, 0.29) is 6.61 Å². The van der Waals surface area contributed by atoms with Gasteiger partial charge in [0.15, 0.2) is 0 Å². The first-order valence-electron chi connectivity index (χ1n) is 10.3. The SMILES string of the molecule is OCCC1CN(Cc2ccnc3ccccc23)CCN1CCc1ccccc1. The molecule has 28 heavy (non-hydrogen) atoms. The molecule has 4 rings (SSSR count). The number of aromatic nitrogens is 1. The average Bonchev–Trinajstić information content (AvgIpc) is 2.74. The smallest absolute Gasteiger partial charge is 0.0705 e. The number of aliphatic hydroxyl groups is 1. The van der Waals surface area contributed by atoms with Crippen LogP contribution >= 0.6 is 0 Å².